The van der Waals surface area contributed by atoms with E-state index in [4.69, 9.17) is 0 Å². The van der Waals surface area contributed by atoms with Crippen LogP contribution in [-0.2, 0) is 6.54 Å². The molecule has 2 heteroatoms. The Morgan fingerprint density at radius 2 is 1.79 bits per heavy atom. The topological polar surface area (TPSA) is 6.48 Å². The second-order valence-electron chi connectivity index (χ2n) is 6.23. The second kappa shape index (κ2) is 6.06. The quantitative estimate of drug-likeness (QED) is 0.803. The Bertz CT molecular complexity index is 390. The largest absolute Gasteiger partial charge is 0.288 e. The fourth-order valence-electron chi connectivity index (χ4n) is 3.86. The Labute approximate surface area is 117 Å². The zero-order valence-corrected chi connectivity index (χ0v) is 12.1. The van der Waals surface area contributed by atoms with Gasteiger partial charge in [0.2, 0.25) is 0 Å². The number of benzene rings is 1. The van der Waals surface area contributed by atoms with Crippen molar-refractivity contribution in [1.29, 1.82) is 0 Å². The van der Waals surface area contributed by atoms with Gasteiger partial charge in [-0.05, 0) is 37.3 Å². The van der Waals surface area contributed by atoms with E-state index in [-0.39, 0.29) is 0 Å². The first-order chi connectivity index (χ1) is 9.34. The van der Waals surface area contributed by atoms with E-state index in [1.807, 2.05) is 0 Å². The summed E-state index contributed by atoms with van der Waals surface area (Å²) in [5, 5.41) is 0. The van der Waals surface area contributed by atoms with Gasteiger partial charge in [-0.25, -0.2) is 0 Å². The van der Waals surface area contributed by atoms with E-state index in [0.29, 0.717) is 6.17 Å². The van der Waals surface area contributed by atoms with Crippen LogP contribution in [0.5, 0.6) is 0 Å². The van der Waals surface area contributed by atoms with Crippen molar-refractivity contribution >= 4 is 0 Å². The van der Waals surface area contributed by atoms with Crippen molar-refractivity contribution < 1.29 is 0 Å². The second-order valence-corrected chi connectivity index (χ2v) is 6.23. The molecule has 2 unspecified atom stereocenters. The van der Waals surface area contributed by atoms with Gasteiger partial charge < -0.3 is 0 Å². The van der Waals surface area contributed by atoms with Crippen molar-refractivity contribution in [3.63, 3.8) is 0 Å². The Balaban J connectivity index is 1.75. The SMILES string of the molecule is CC1CCCCN2CCCN(Cc3ccccc3)C12. The Morgan fingerprint density at radius 3 is 2.63 bits per heavy atom. The molecular weight excluding hydrogens is 232 g/mol. The molecule has 2 aliphatic rings. The maximum atomic E-state index is 2.74. The van der Waals surface area contributed by atoms with E-state index in [1.165, 1.54) is 50.9 Å². The average molecular weight is 258 g/mol. The molecule has 0 saturated carbocycles. The molecule has 0 bridgehead atoms. The molecule has 0 N–H and O–H groups in total. The molecule has 3 rings (SSSR count). The van der Waals surface area contributed by atoms with Gasteiger partial charge in [-0.3, -0.25) is 9.80 Å². The molecule has 0 spiro atoms. The van der Waals surface area contributed by atoms with Crippen LogP contribution in [0.25, 0.3) is 0 Å². The number of rotatable bonds is 2. The molecule has 2 fully saturated rings. The van der Waals surface area contributed by atoms with Crippen LogP contribution in [0.4, 0.5) is 0 Å². The summed E-state index contributed by atoms with van der Waals surface area (Å²) in [5.41, 5.74) is 1.46. The van der Waals surface area contributed by atoms with Gasteiger partial charge in [0.15, 0.2) is 0 Å². The molecule has 0 aliphatic carbocycles. The van der Waals surface area contributed by atoms with Gasteiger partial charge in [-0.2, -0.15) is 0 Å². The van der Waals surface area contributed by atoms with Crippen LogP contribution in [0.3, 0.4) is 0 Å². The van der Waals surface area contributed by atoms with Gasteiger partial charge in [0.1, 0.15) is 0 Å². The molecule has 2 aliphatic heterocycles. The third-order valence-electron chi connectivity index (χ3n) is 4.73. The normalized spacial score (nSPS) is 29.7. The lowest BCUT2D eigenvalue weighted by Gasteiger charge is -2.46. The summed E-state index contributed by atoms with van der Waals surface area (Å²) in [6.45, 7) is 7.44. The molecule has 2 heterocycles. The summed E-state index contributed by atoms with van der Waals surface area (Å²) in [5.74, 6) is 0.812. The maximum absolute atomic E-state index is 2.74. The molecule has 1 aromatic rings. The van der Waals surface area contributed by atoms with Crippen molar-refractivity contribution in [3.05, 3.63) is 35.9 Å². The van der Waals surface area contributed by atoms with E-state index in [0.717, 1.165) is 12.5 Å². The van der Waals surface area contributed by atoms with Crippen molar-refractivity contribution in [3.8, 4) is 0 Å². The summed E-state index contributed by atoms with van der Waals surface area (Å²) >= 11 is 0. The molecule has 0 amide bonds. The predicted octanol–water partition coefficient (Wildman–Crippen LogP) is 3.34. The first kappa shape index (κ1) is 13.1. The van der Waals surface area contributed by atoms with E-state index in [1.54, 1.807) is 0 Å². The fourth-order valence-corrected chi connectivity index (χ4v) is 3.86. The summed E-state index contributed by atoms with van der Waals surface area (Å²) in [6, 6.07) is 11.0. The van der Waals surface area contributed by atoms with Crippen LogP contribution in [0.2, 0.25) is 0 Å². The van der Waals surface area contributed by atoms with Crippen molar-refractivity contribution in [2.24, 2.45) is 5.92 Å². The first-order valence-electron chi connectivity index (χ1n) is 7.86. The number of nitrogens with zero attached hydrogens (tertiary/aromatic N) is 2. The molecule has 104 valence electrons. The highest BCUT2D eigenvalue weighted by Crippen LogP contribution is 2.29. The predicted molar refractivity (Wildman–Crippen MR) is 79.8 cm³/mol. The lowest BCUT2D eigenvalue weighted by molar-refractivity contribution is -0.0266. The van der Waals surface area contributed by atoms with Crippen LogP contribution >= 0.6 is 0 Å². The fraction of sp³-hybridized carbons (Fsp3) is 0.647. The van der Waals surface area contributed by atoms with Gasteiger partial charge in [0, 0.05) is 19.6 Å². The summed E-state index contributed by atoms with van der Waals surface area (Å²) < 4.78 is 0. The Hall–Kier alpha value is -0.860. The van der Waals surface area contributed by atoms with Gasteiger partial charge in [0.05, 0.1) is 6.17 Å². The molecule has 2 nitrogen and oxygen atoms in total. The van der Waals surface area contributed by atoms with Crippen molar-refractivity contribution in [2.45, 2.75) is 45.3 Å². The highest BCUT2D eigenvalue weighted by Gasteiger charge is 2.34. The summed E-state index contributed by atoms with van der Waals surface area (Å²) in [6.07, 6.45) is 6.20. The minimum atomic E-state index is 0.677. The number of hydrogen-bond acceptors (Lipinski definition) is 2. The van der Waals surface area contributed by atoms with E-state index in [9.17, 15) is 0 Å². The summed E-state index contributed by atoms with van der Waals surface area (Å²) in [7, 11) is 0. The minimum absolute atomic E-state index is 0.677. The highest BCUT2D eigenvalue weighted by molar-refractivity contribution is 5.14. The van der Waals surface area contributed by atoms with Crippen LogP contribution in [-0.4, -0.2) is 35.6 Å². The van der Waals surface area contributed by atoms with Gasteiger partial charge in [0.25, 0.3) is 0 Å². The summed E-state index contributed by atoms with van der Waals surface area (Å²) in [4.78, 5) is 5.46. The minimum Gasteiger partial charge on any atom is -0.288 e. The van der Waals surface area contributed by atoms with Crippen molar-refractivity contribution in [1.82, 2.24) is 9.80 Å². The van der Waals surface area contributed by atoms with Gasteiger partial charge in [-0.15, -0.1) is 0 Å². The van der Waals surface area contributed by atoms with Crippen LogP contribution in [0.1, 0.15) is 38.2 Å². The first-order valence-corrected chi connectivity index (χ1v) is 7.86. The average Bonchev–Trinajstić information content (AvgIpc) is 2.63. The third kappa shape index (κ3) is 3.01. The number of hydrogen-bond donors (Lipinski definition) is 0. The molecule has 2 saturated heterocycles. The van der Waals surface area contributed by atoms with Gasteiger partial charge in [-0.1, -0.05) is 43.7 Å². The lowest BCUT2D eigenvalue weighted by atomic mass is 9.99. The standard InChI is InChI=1S/C17H26N2/c1-15-8-5-6-11-18-12-7-13-19(17(15)18)14-16-9-3-2-4-10-16/h2-4,9-10,15,17H,5-8,11-14H2,1H3. The van der Waals surface area contributed by atoms with E-state index in [2.05, 4.69) is 47.1 Å². The molecule has 2 atom stereocenters. The van der Waals surface area contributed by atoms with Gasteiger partial charge >= 0.3 is 0 Å². The van der Waals surface area contributed by atoms with Crippen LogP contribution < -0.4 is 0 Å². The van der Waals surface area contributed by atoms with Crippen LogP contribution in [0, 0.1) is 5.92 Å². The number of fused-ring (bicyclic) bond motifs is 1. The smallest absolute Gasteiger partial charge is 0.0651 e. The van der Waals surface area contributed by atoms with E-state index < -0.39 is 0 Å². The Kier molecular flexibility index (Phi) is 4.19. The monoisotopic (exact) mass is 258 g/mol. The third-order valence-corrected chi connectivity index (χ3v) is 4.73. The molecule has 1 aromatic carbocycles. The molecule has 19 heavy (non-hydrogen) atoms. The van der Waals surface area contributed by atoms with Crippen LogP contribution in [0.15, 0.2) is 30.3 Å². The van der Waals surface area contributed by atoms with Crippen molar-refractivity contribution in [2.75, 3.05) is 19.6 Å². The molecule has 0 radical (unpaired) electrons. The lowest BCUT2D eigenvalue weighted by Crippen LogP contribution is -2.55. The molecular formula is C17H26N2. The zero-order chi connectivity index (χ0) is 13.1. The maximum Gasteiger partial charge on any atom is 0.0651 e. The van der Waals surface area contributed by atoms with E-state index >= 15 is 0 Å². The molecule has 0 aromatic heterocycles. The highest BCUT2D eigenvalue weighted by atomic mass is 15.4. The Morgan fingerprint density at radius 1 is 1.00 bits per heavy atom. The zero-order valence-electron chi connectivity index (χ0n) is 12.1.